The minimum absolute atomic E-state index is 0.0666. The predicted octanol–water partition coefficient (Wildman–Crippen LogP) is 3.14. The lowest BCUT2D eigenvalue weighted by Gasteiger charge is -2.09. The summed E-state index contributed by atoms with van der Waals surface area (Å²) in [5, 5.41) is 20.1. The minimum Gasteiger partial charge on any atom is -0.360 e. The maximum Gasteiger partial charge on any atom is 0.261 e. The Hall–Kier alpha value is -3.29. The van der Waals surface area contributed by atoms with Crippen molar-refractivity contribution in [2.75, 3.05) is 10.0 Å². The largest absolute Gasteiger partial charge is 0.360 e. The first-order valence-electron chi connectivity index (χ1n) is 6.91. The molecule has 6 nitrogen and oxygen atoms in total. The third-order valence-electron chi connectivity index (χ3n) is 3.07. The van der Waals surface area contributed by atoms with E-state index in [2.05, 4.69) is 10.0 Å². The van der Waals surface area contributed by atoms with Crippen molar-refractivity contribution in [1.82, 2.24) is 0 Å². The number of nitrogens with one attached hydrogen (secondary N) is 2. The molecule has 120 valence electrons. The van der Waals surface area contributed by atoms with Crippen molar-refractivity contribution in [3.05, 3.63) is 65.9 Å². The van der Waals surface area contributed by atoms with Crippen LogP contribution in [0, 0.1) is 29.6 Å². The highest BCUT2D eigenvalue weighted by atomic mass is 32.2. The lowest BCUT2D eigenvalue weighted by molar-refractivity contribution is 0.601. The van der Waals surface area contributed by atoms with Crippen LogP contribution in [0.5, 0.6) is 0 Å². The fourth-order valence-electron chi connectivity index (χ4n) is 1.83. The summed E-state index contributed by atoms with van der Waals surface area (Å²) in [6.45, 7) is 1.91. The highest BCUT2D eigenvalue weighted by Gasteiger charge is 2.14. The average Bonchev–Trinajstić information content (AvgIpc) is 2.58. The average molecular weight is 338 g/mol. The summed E-state index contributed by atoms with van der Waals surface area (Å²) >= 11 is 0. The quantitative estimate of drug-likeness (QED) is 0.815. The summed E-state index contributed by atoms with van der Waals surface area (Å²) in [4.78, 5) is 0.0666. The molecule has 0 radical (unpaired) electrons. The molecule has 0 aromatic heterocycles. The van der Waals surface area contributed by atoms with Crippen molar-refractivity contribution < 1.29 is 8.42 Å². The van der Waals surface area contributed by atoms with Crippen molar-refractivity contribution in [3.8, 4) is 12.1 Å². The third-order valence-corrected chi connectivity index (χ3v) is 4.45. The maximum atomic E-state index is 12.4. The van der Waals surface area contributed by atoms with E-state index in [0.29, 0.717) is 11.4 Å². The van der Waals surface area contributed by atoms with E-state index in [9.17, 15) is 8.42 Å². The van der Waals surface area contributed by atoms with Crippen LogP contribution in [0.25, 0.3) is 0 Å². The Labute approximate surface area is 140 Å². The highest BCUT2D eigenvalue weighted by molar-refractivity contribution is 7.92. The molecule has 2 N–H and O–H groups in total. The van der Waals surface area contributed by atoms with Crippen LogP contribution in [0.2, 0.25) is 0 Å². The second kappa shape index (κ2) is 7.32. The molecular weight excluding hydrogens is 324 g/mol. The fraction of sp³-hybridized carbons (Fsp3) is 0.0588. The molecule has 0 bridgehead atoms. The molecule has 2 aromatic rings. The minimum atomic E-state index is -3.74. The van der Waals surface area contributed by atoms with Crippen molar-refractivity contribution >= 4 is 21.4 Å². The molecule has 24 heavy (non-hydrogen) atoms. The first-order chi connectivity index (χ1) is 11.4. The SMILES string of the molecule is Cc1ccc(NS(=O)(=O)c2cccc(NC=C(C#N)C#N)c2)cc1. The van der Waals surface area contributed by atoms with Crippen molar-refractivity contribution in [3.63, 3.8) is 0 Å². The zero-order chi connectivity index (χ0) is 17.6. The second-order valence-corrected chi connectivity index (χ2v) is 6.61. The van der Waals surface area contributed by atoms with Crippen LogP contribution in [0.15, 0.2) is 65.2 Å². The number of hydrogen-bond acceptors (Lipinski definition) is 5. The van der Waals surface area contributed by atoms with Crippen LogP contribution >= 0.6 is 0 Å². The second-order valence-electron chi connectivity index (χ2n) is 4.93. The van der Waals surface area contributed by atoms with Gasteiger partial charge in [0.25, 0.3) is 10.0 Å². The van der Waals surface area contributed by atoms with Gasteiger partial charge in [0, 0.05) is 17.6 Å². The van der Waals surface area contributed by atoms with Crippen LogP contribution in [0.1, 0.15) is 5.56 Å². The van der Waals surface area contributed by atoms with Crippen LogP contribution in [0.4, 0.5) is 11.4 Å². The third kappa shape index (κ3) is 4.35. The van der Waals surface area contributed by atoms with E-state index in [1.165, 1.54) is 18.3 Å². The van der Waals surface area contributed by atoms with E-state index < -0.39 is 10.0 Å². The van der Waals surface area contributed by atoms with Gasteiger partial charge in [0.1, 0.15) is 17.7 Å². The predicted molar refractivity (Wildman–Crippen MR) is 91.4 cm³/mol. The number of sulfonamides is 1. The van der Waals surface area contributed by atoms with Crippen LogP contribution in [-0.4, -0.2) is 8.42 Å². The molecule has 7 heteroatoms. The number of nitriles is 2. The molecule has 0 atom stereocenters. The van der Waals surface area contributed by atoms with Gasteiger partial charge in [0.15, 0.2) is 0 Å². The maximum absolute atomic E-state index is 12.4. The monoisotopic (exact) mass is 338 g/mol. The Balaban J connectivity index is 2.24. The molecular formula is C17H14N4O2S. The van der Waals surface area contributed by atoms with E-state index in [0.717, 1.165) is 5.56 Å². The lowest BCUT2D eigenvalue weighted by Crippen LogP contribution is -2.13. The summed E-state index contributed by atoms with van der Waals surface area (Å²) in [5.41, 5.74) is 1.84. The first-order valence-corrected chi connectivity index (χ1v) is 8.39. The number of hydrogen-bond donors (Lipinski definition) is 2. The van der Waals surface area contributed by atoms with Crippen LogP contribution in [0.3, 0.4) is 0 Å². The number of benzene rings is 2. The summed E-state index contributed by atoms with van der Waals surface area (Å²) < 4.78 is 27.4. The molecule has 2 aromatic carbocycles. The summed E-state index contributed by atoms with van der Waals surface area (Å²) in [5.74, 6) is 0. The van der Waals surface area contributed by atoms with E-state index in [1.54, 1.807) is 36.4 Å². The standard InChI is InChI=1S/C17H14N4O2S/c1-13-5-7-15(8-6-13)21-24(22,23)17-4-2-3-16(9-17)20-12-14(10-18)11-19/h2-9,12,20-21H,1H3. The molecule has 0 aliphatic heterocycles. The molecule has 0 saturated heterocycles. The molecule has 2 rings (SSSR count). The molecule has 0 saturated carbocycles. The first kappa shape index (κ1) is 17.1. The number of allylic oxidation sites excluding steroid dienone is 1. The van der Waals surface area contributed by atoms with E-state index in [-0.39, 0.29) is 10.5 Å². The smallest absolute Gasteiger partial charge is 0.261 e. The number of nitrogens with zero attached hydrogens (tertiary/aromatic N) is 2. The molecule has 0 spiro atoms. The van der Waals surface area contributed by atoms with Gasteiger partial charge < -0.3 is 5.32 Å². The van der Waals surface area contributed by atoms with Gasteiger partial charge in [-0.1, -0.05) is 23.8 Å². The van der Waals surface area contributed by atoms with Crippen molar-refractivity contribution in [2.24, 2.45) is 0 Å². The Morgan fingerprint density at radius 2 is 1.71 bits per heavy atom. The van der Waals surface area contributed by atoms with Gasteiger partial charge in [0.2, 0.25) is 0 Å². The van der Waals surface area contributed by atoms with E-state index in [4.69, 9.17) is 10.5 Å². The fourth-order valence-corrected chi connectivity index (χ4v) is 2.94. The van der Waals surface area contributed by atoms with E-state index >= 15 is 0 Å². The van der Waals surface area contributed by atoms with Gasteiger partial charge in [0.05, 0.1) is 4.90 Å². The molecule has 0 amide bonds. The molecule has 0 fully saturated rings. The van der Waals surface area contributed by atoms with Gasteiger partial charge in [-0.25, -0.2) is 8.42 Å². The summed E-state index contributed by atoms with van der Waals surface area (Å²) in [6, 6.07) is 16.5. The van der Waals surface area contributed by atoms with Gasteiger partial charge in [-0.15, -0.1) is 0 Å². The number of rotatable bonds is 5. The number of anilines is 2. The lowest BCUT2D eigenvalue weighted by atomic mass is 10.2. The normalized spacial score (nSPS) is 10.1. The zero-order valence-corrected chi connectivity index (χ0v) is 13.6. The summed E-state index contributed by atoms with van der Waals surface area (Å²) in [6.07, 6.45) is 1.22. The summed E-state index contributed by atoms with van der Waals surface area (Å²) in [7, 11) is -3.74. The zero-order valence-electron chi connectivity index (χ0n) is 12.8. The Morgan fingerprint density at radius 3 is 2.33 bits per heavy atom. The van der Waals surface area contributed by atoms with Gasteiger partial charge in [-0.3, -0.25) is 4.72 Å². The Morgan fingerprint density at radius 1 is 1.04 bits per heavy atom. The molecule has 0 aliphatic rings. The van der Waals surface area contributed by atoms with Crippen LogP contribution in [-0.2, 0) is 10.0 Å². The van der Waals surface area contributed by atoms with Crippen molar-refractivity contribution in [1.29, 1.82) is 10.5 Å². The van der Waals surface area contributed by atoms with Crippen molar-refractivity contribution in [2.45, 2.75) is 11.8 Å². The van der Waals surface area contributed by atoms with Gasteiger partial charge >= 0.3 is 0 Å². The molecule has 0 aliphatic carbocycles. The molecule has 0 heterocycles. The molecule has 0 unspecified atom stereocenters. The Bertz CT molecular complexity index is 933. The van der Waals surface area contributed by atoms with Gasteiger partial charge in [-0.2, -0.15) is 10.5 Å². The topological polar surface area (TPSA) is 106 Å². The highest BCUT2D eigenvalue weighted by Crippen LogP contribution is 2.19. The Kier molecular flexibility index (Phi) is 5.20. The number of aryl methyl sites for hydroxylation is 1. The van der Waals surface area contributed by atoms with E-state index in [1.807, 2.05) is 19.1 Å². The van der Waals surface area contributed by atoms with Crippen LogP contribution < -0.4 is 10.0 Å². The van der Waals surface area contributed by atoms with Gasteiger partial charge in [-0.05, 0) is 37.3 Å².